The number of alkyl halides is 1. The molecule has 0 spiro atoms. The highest BCUT2D eigenvalue weighted by molar-refractivity contribution is 5.18. The van der Waals surface area contributed by atoms with Gasteiger partial charge in [-0.2, -0.15) is 0 Å². The highest BCUT2D eigenvalue weighted by atomic mass is 19.1. The van der Waals surface area contributed by atoms with Gasteiger partial charge in [0.2, 0.25) is 0 Å². The number of rotatable bonds is 2. The van der Waals surface area contributed by atoms with Crippen molar-refractivity contribution in [2.24, 2.45) is 0 Å². The Bertz CT molecular complexity index is 370. The molecule has 0 radical (unpaired) electrons. The second kappa shape index (κ2) is 5.53. The van der Waals surface area contributed by atoms with E-state index in [0.29, 0.717) is 18.9 Å². The van der Waals surface area contributed by atoms with E-state index in [1.807, 2.05) is 18.4 Å². The van der Waals surface area contributed by atoms with Crippen LogP contribution in [-0.2, 0) is 0 Å². The van der Waals surface area contributed by atoms with E-state index in [0.717, 1.165) is 18.8 Å². The van der Waals surface area contributed by atoms with Crippen molar-refractivity contribution in [1.82, 2.24) is 20.5 Å². The first-order valence-corrected chi connectivity index (χ1v) is 7.97. The highest BCUT2D eigenvalue weighted by Crippen LogP contribution is 2.36. The smallest absolute Gasteiger partial charge is 0.155 e. The minimum atomic E-state index is -1.18. The van der Waals surface area contributed by atoms with E-state index >= 15 is 4.39 Å². The van der Waals surface area contributed by atoms with Crippen LogP contribution in [-0.4, -0.2) is 53.9 Å². The zero-order chi connectivity index (χ0) is 14.2. The van der Waals surface area contributed by atoms with E-state index in [-0.39, 0.29) is 0 Å². The first kappa shape index (κ1) is 14.1. The Morgan fingerprint density at radius 2 is 1.80 bits per heavy atom. The molecule has 1 aliphatic carbocycles. The minimum Gasteiger partial charge on any atom is -0.306 e. The van der Waals surface area contributed by atoms with Crippen molar-refractivity contribution in [3.63, 3.8) is 0 Å². The van der Waals surface area contributed by atoms with E-state index < -0.39 is 5.67 Å². The van der Waals surface area contributed by atoms with E-state index in [2.05, 4.69) is 22.4 Å². The second-order valence-electron chi connectivity index (χ2n) is 6.62. The Labute approximate surface area is 121 Å². The predicted octanol–water partition coefficient (Wildman–Crippen LogP) is 2.26. The summed E-state index contributed by atoms with van der Waals surface area (Å²) in [4.78, 5) is 2.20. The third-order valence-electron chi connectivity index (χ3n) is 5.10. The molecule has 0 amide bonds. The lowest BCUT2D eigenvalue weighted by atomic mass is 9.90. The number of hydrogen-bond acceptors (Lipinski definition) is 4. The van der Waals surface area contributed by atoms with Crippen LogP contribution in [0.2, 0.25) is 0 Å². The Balaban J connectivity index is 1.70. The maximum atomic E-state index is 15.2. The summed E-state index contributed by atoms with van der Waals surface area (Å²) < 4.78 is 15.2. The number of nitrogens with zero attached hydrogens (tertiary/aromatic N) is 3. The third kappa shape index (κ3) is 2.66. The van der Waals surface area contributed by atoms with E-state index in [4.69, 9.17) is 0 Å². The van der Waals surface area contributed by atoms with Gasteiger partial charge < -0.3 is 10.3 Å². The summed E-state index contributed by atoms with van der Waals surface area (Å²) in [6.45, 7) is 1.67. The monoisotopic (exact) mass is 282 g/mol. The van der Waals surface area contributed by atoms with Crippen LogP contribution in [0.5, 0.6) is 0 Å². The SMILES string of the molecule is CN1CCC(F)(C2=CN(C3CCCCC3)N(C)N2)CC1. The van der Waals surface area contributed by atoms with E-state index in [9.17, 15) is 0 Å². The summed E-state index contributed by atoms with van der Waals surface area (Å²) in [5.41, 5.74) is 2.84. The third-order valence-corrected chi connectivity index (χ3v) is 5.10. The van der Waals surface area contributed by atoms with Crippen LogP contribution in [0.3, 0.4) is 0 Å². The lowest BCUT2D eigenvalue weighted by Gasteiger charge is -2.36. The maximum Gasteiger partial charge on any atom is 0.155 e. The normalized spacial score (nSPS) is 29.4. The van der Waals surface area contributed by atoms with Gasteiger partial charge >= 0.3 is 0 Å². The standard InChI is InChI=1S/C15H27FN4/c1-18-10-8-15(16,9-11-18)14-12-20(19(2)17-14)13-6-4-3-5-7-13/h12-13,17H,3-11H2,1-2H3. The van der Waals surface area contributed by atoms with Gasteiger partial charge in [-0.15, -0.1) is 5.12 Å². The number of hydrazine groups is 2. The van der Waals surface area contributed by atoms with E-state index in [1.54, 1.807) is 0 Å². The molecule has 2 fully saturated rings. The quantitative estimate of drug-likeness (QED) is 0.838. The van der Waals surface area contributed by atoms with Crippen molar-refractivity contribution in [2.75, 3.05) is 27.2 Å². The summed E-state index contributed by atoms with van der Waals surface area (Å²) in [6, 6.07) is 0.536. The average molecular weight is 282 g/mol. The summed E-state index contributed by atoms with van der Waals surface area (Å²) >= 11 is 0. The van der Waals surface area contributed by atoms with E-state index in [1.165, 1.54) is 32.1 Å². The molecule has 0 aromatic heterocycles. The first-order chi connectivity index (χ1) is 9.58. The topological polar surface area (TPSA) is 21.8 Å². The van der Waals surface area contributed by atoms with Crippen LogP contribution in [0, 0.1) is 0 Å². The first-order valence-electron chi connectivity index (χ1n) is 7.97. The highest BCUT2D eigenvalue weighted by Gasteiger charge is 2.41. The lowest BCUT2D eigenvalue weighted by molar-refractivity contribution is -0.0198. The van der Waals surface area contributed by atoms with Gasteiger partial charge in [0.15, 0.2) is 5.67 Å². The fraction of sp³-hybridized carbons (Fsp3) is 0.867. The molecule has 20 heavy (non-hydrogen) atoms. The Morgan fingerprint density at radius 3 is 2.45 bits per heavy atom. The molecule has 0 atom stereocenters. The van der Waals surface area contributed by atoms with Crippen molar-refractivity contribution in [2.45, 2.75) is 56.7 Å². The van der Waals surface area contributed by atoms with Crippen LogP contribution in [0.15, 0.2) is 11.9 Å². The van der Waals surface area contributed by atoms with Gasteiger partial charge in [0.1, 0.15) is 0 Å². The minimum absolute atomic E-state index is 0.536. The molecule has 1 saturated heterocycles. The fourth-order valence-corrected chi connectivity index (χ4v) is 3.63. The van der Waals surface area contributed by atoms with Crippen molar-refractivity contribution >= 4 is 0 Å². The molecule has 0 unspecified atom stereocenters. The maximum absolute atomic E-state index is 15.2. The molecule has 4 nitrogen and oxygen atoms in total. The Kier molecular flexibility index (Phi) is 3.91. The van der Waals surface area contributed by atoms with Gasteiger partial charge in [0.05, 0.1) is 5.70 Å². The van der Waals surface area contributed by atoms with Gasteiger partial charge in [-0.25, -0.2) is 4.39 Å². The van der Waals surface area contributed by atoms with Crippen LogP contribution in [0.25, 0.3) is 0 Å². The number of piperidine rings is 1. The van der Waals surface area contributed by atoms with Gasteiger partial charge in [0.25, 0.3) is 0 Å². The molecule has 1 saturated carbocycles. The lowest BCUT2D eigenvalue weighted by Crippen LogP contribution is -2.48. The second-order valence-corrected chi connectivity index (χ2v) is 6.62. The van der Waals surface area contributed by atoms with Gasteiger partial charge in [-0.05, 0) is 32.7 Å². The molecule has 3 aliphatic rings. The molecule has 0 bridgehead atoms. The molecule has 1 N–H and O–H groups in total. The number of likely N-dealkylation sites (tertiary alicyclic amines) is 1. The summed E-state index contributed by atoms with van der Waals surface area (Å²) in [5, 5.41) is 4.19. The zero-order valence-electron chi connectivity index (χ0n) is 12.7. The van der Waals surface area contributed by atoms with Crippen molar-refractivity contribution < 1.29 is 4.39 Å². The number of allylic oxidation sites excluding steroid dienone is 1. The number of halogens is 1. The molecular formula is C15H27FN4. The summed E-state index contributed by atoms with van der Waals surface area (Å²) in [5.74, 6) is 0. The van der Waals surface area contributed by atoms with Crippen molar-refractivity contribution in [3.8, 4) is 0 Å². The van der Waals surface area contributed by atoms with Crippen LogP contribution >= 0.6 is 0 Å². The van der Waals surface area contributed by atoms with Gasteiger partial charge in [0, 0.05) is 32.4 Å². The van der Waals surface area contributed by atoms with Crippen molar-refractivity contribution in [1.29, 1.82) is 0 Å². The van der Waals surface area contributed by atoms with Crippen LogP contribution in [0.1, 0.15) is 44.9 Å². The molecule has 3 rings (SSSR count). The number of nitrogens with one attached hydrogen (secondary N) is 1. The molecule has 2 aliphatic heterocycles. The Hall–Kier alpha value is -0.810. The zero-order valence-corrected chi connectivity index (χ0v) is 12.7. The molecule has 0 aromatic carbocycles. The summed E-state index contributed by atoms with van der Waals surface area (Å²) in [6.07, 6.45) is 9.59. The molecule has 0 aromatic rings. The molecule has 114 valence electrons. The molecule has 2 heterocycles. The predicted molar refractivity (Wildman–Crippen MR) is 78.3 cm³/mol. The largest absolute Gasteiger partial charge is 0.306 e. The number of hydrogen-bond donors (Lipinski definition) is 1. The van der Waals surface area contributed by atoms with Gasteiger partial charge in [-0.3, -0.25) is 5.01 Å². The van der Waals surface area contributed by atoms with Crippen LogP contribution in [0.4, 0.5) is 4.39 Å². The average Bonchev–Trinajstić information content (AvgIpc) is 2.86. The van der Waals surface area contributed by atoms with Gasteiger partial charge in [-0.1, -0.05) is 19.3 Å². The summed E-state index contributed by atoms with van der Waals surface area (Å²) in [7, 11) is 4.06. The van der Waals surface area contributed by atoms with Crippen molar-refractivity contribution in [3.05, 3.63) is 11.9 Å². The fourth-order valence-electron chi connectivity index (χ4n) is 3.63. The Morgan fingerprint density at radius 1 is 1.15 bits per heavy atom. The van der Waals surface area contributed by atoms with Crippen LogP contribution < -0.4 is 5.43 Å². The molecule has 5 heteroatoms. The molecular weight excluding hydrogens is 255 g/mol.